The number of fused-ring (bicyclic) bond motifs is 1. The number of methoxy groups -OCH3 is 1. The zero-order chi connectivity index (χ0) is 23.8. The Bertz CT molecular complexity index is 1200. The predicted molar refractivity (Wildman–Crippen MR) is 110 cm³/mol. The predicted octanol–water partition coefficient (Wildman–Crippen LogP) is 4.78. The van der Waals surface area contributed by atoms with E-state index in [0.29, 0.717) is 5.39 Å². The summed E-state index contributed by atoms with van der Waals surface area (Å²) in [5.41, 5.74) is -1.71. The molecule has 1 fully saturated rings. The fourth-order valence-corrected chi connectivity index (χ4v) is 4.02. The van der Waals surface area contributed by atoms with Gasteiger partial charge in [0.2, 0.25) is 0 Å². The molecule has 4 rings (SSSR count). The topological polar surface area (TPSA) is 86.1 Å². The van der Waals surface area contributed by atoms with E-state index < -0.39 is 29.3 Å². The van der Waals surface area contributed by atoms with Crippen molar-refractivity contribution < 1.29 is 31.9 Å². The van der Waals surface area contributed by atoms with Crippen LogP contribution in [0.1, 0.15) is 47.9 Å². The maximum Gasteiger partial charge on any atom is 0.433 e. The Labute approximate surface area is 185 Å². The van der Waals surface area contributed by atoms with Crippen LogP contribution in [0.4, 0.5) is 23.2 Å². The number of pyridine rings is 1. The number of hydrogen-bond donors (Lipinski definition) is 1. The zero-order valence-corrected chi connectivity index (χ0v) is 17.5. The number of hydrogen-bond acceptors (Lipinski definition) is 5. The highest BCUT2D eigenvalue weighted by molar-refractivity contribution is 6.05. The van der Waals surface area contributed by atoms with Gasteiger partial charge in [0.1, 0.15) is 23.2 Å². The monoisotopic (exact) mass is 464 g/mol. The Balaban J connectivity index is 1.64. The van der Waals surface area contributed by atoms with Gasteiger partial charge < -0.3 is 14.8 Å². The summed E-state index contributed by atoms with van der Waals surface area (Å²) < 4.78 is 60.6. The average molecular weight is 464 g/mol. The van der Waals surface area contributed by atoms with Gasteiger partial charge in [-0.2, -0.15) is 18.3 Å². The van der Waals surface area contributed by atoms with Crippen LogP contribution in [-0.4, -0.2) is 34.1 Å². The molecule has 33 heavy (non-hydrogen) atoms. The number of ether oxygens (including phenoxy) is 1. The van der Waals surface area contributed by atoms with Gasteiger partial charge in [0.25, 0.3) is 5.91 Å². The van der Waals surface area contributed by atoms with Gasteiger partial charge in [0.15, 0.2) is 11.6 Å². The maximum absolute atomic E-state index is 15.1. The van der Waals surface area contributed by atoms with Crippen molar-refractivity contribution in [2.45, 2.75) is 37.9 Å². The Morgan fingerprint density at radius 3 is 2.61 bits per heavy atom. The molecule has 1 aliphatic carbocycles. The summed E-state index contributed by atoms with van der Waals surface area (Å²) in [5, 5.41) is 7.10. The minimum absolute atomic E-state index is 0.00587. The number of nitrogens with one attached hydrogen (secondary N) is 1. The van der Waals surface area contributed by atoms with Gasteiger partial charge in [0, 0.05) is 17.5 Å². The molecule has 0 unspecified atom stereocenters. The van der Waals surface area contributed by atoms with E-state index in [1.807, 2.05) is 0 Å². The lowest BCUT2D eigenvalue weighted by Gasteiger charge is -2.25. The molecule has 0 atom stereocenters. The molecule has 0 saturated heterocycles. The largest absolute Gasteiger partial charge is 0.491 e. The molecule has 2 aromatic heterocycles. The van der Waals surface area contributed by atoms with Crippen LogP contribution in [-0.2, 0) is 11.0 Å². The third-order valence-corrected chi connectivity index (χ3v) is 5.74. The third kappa shape index (κ3) is 4.53. The standard InChI is InChI=1S/C22H20F4N4O3/c1-33-20-16(28-21(32)15-3-2-4-17(27-15)22(24,25)26)9-13-10-30(29-19(13)18(20)23)14-7-5-12(11-31)6-8-14/h2-4,9-12,14H,5-8H2,1H3,(H,28,32)/t12-,14-. The lowest BCUT2D eigenvalue weighted by atomic mass is 9.87. The minimum Gasteiger partial charge on any atom is -0.491 e. The van der Waals surface area contributed by atoms with E-state index in [1.165, 1.54) is 13.2 Å². The van der Waals surface area contributed by atoms with E-state index in [-0.39, 0.29) is 28.9 Å². The Hall–Kier alpha value is -3.50. The van der Waals surface area contributed by atoms with E-state index in [2.05, 4.69) is 15.4 Å². The van der Waals surface area contributed by atoms with Crippen LogP contribution in [0.3, 0.4) is 0 Å². The Morgan fingerprint density at radius 1 is 1.24 bits per heavy atom. The number of carbonyl (C=O) groups excluding carboxylic acids is 2. The first-order valence-corrected chi connectivity index (χ1v) is 10.3. The molecule has 0 radical (unpaired) electrons. The van der Waals surface area contributed by atoms with Crippen LogP contribution < -0.4 is 10.1 Å². The first kappa shape index (κ1) is 22.7. The Morgan fingerprint density at radius 2 is 1.97 bits per heavy atom. The number of nitrogens with zero attached hydrogens (tertiary/aromatic N) is 3. The summed E-state index contributed by atoms with van der Waals surface area (Å²) >= 11 is 0. The van der Waals surface area contributed by atoms with Gasteiger partial charge in [-0.05, 0) is 43.9 Å². The quantitative estimate of drug-likeness (QED) is 0.434. The van der Waals surface area contributed by atoms with Crippen molar-refractivity contribution in [1.29, 1.82) is 0 Å². The molecule has 174 valence electrons. The Kier molecular flexibility index (Phi) is 6.05. The van der Waals surface area contributed by atoms with E-state index in [0.717, 1.165) is 50.2 Å². The number of benzene rings is 1. The molecule has 3 aromatic rings. The maximum atomic E-state index is 15.1. The highest BCUT2D eigenvalue weighted by Crippen LogP contribution is 2.37. The van der Waals surface area contributed by atoms with Crippen LogP contribution in [0.15, 0.2) is 30.5 Å². The molecule has 1 saturated carbocycles. The van der Waals surface area contributed by atoms with Crippen LogP contribution in [0.2, 0.25) is 0 Å². The molecule has 2 heterocycles. The number of amides is 1. The van der Waals surface area contributed by atoms with Gasteiger partial charge in [-0.3, -0.25) is 9.48 Å². The second kappa shape index (κ2) is 8.80. The summed E-state index contributed by atoms with van der Waals surface area (Å²) in [6.07, 6.45) is 0.778. The van der Waals surface area contributed by atoms with Gasteiger partial charge in [-0.15, -0.1) is 0 Å². The van der Waals surface area contributed by atoms with Crippen molar-refractivity contribution in [2.75, 3.05) is 12.4 Å². The lowest BCUT2D eigenvalue weighted by Crippen LogP contribution is -2.19. The number of halogens is 4. The fourth-order valence-electron chi connectivity index (χ4n) is 4.02. The number of anilines is 1. The first-order chi connectivity index (χ1) is 15.7. The smallest absolute Gasteiger partial charge is 0.433 e. The van der Waals surface area contributed by atoms with Gasteiger partial charge in [-0.25, -0.2) is 9.37 Å². The lowest BCUT2D eigenvalue weighted by molar-refractivity contribution is -0.141. The molecular weight excluding hydrogens is 444 g/mol. The normalized spacial score (nSPS) is 18.8. The van der Waals surface area contributed by atoms with E-state index in [1.54, 1.807) is 10.9 Å². The summed E-state index contributed by atoms with van der Waals surface area (Å²) in [7, 11) is 1.21. The molecule has 11 heteroatoms. The van der Waals surface area contributed by atoms with Crippen LogP contribution in [0, 0.1) is 11.7 Å². The molecule has 0 spiro atoms. The fraction of sp³-hybridized carbons (Fsp3) is 0.364. The SMILES string of the molecule is COc1c(NC(=O)c2cccc(C(F)(F)F)n2)cc2cn([C@H]3CC[C@H](C=O)CC3)nc2c1F. The highest BCUT2D eigenvalue weighted by atomic mass is 19.4. The minimum atomic E-state index is -4.71. The summed E-state index contributed by atoms with van der Waals surface area (Å²) in [6.45, 7) is 0. The van der Waals surface area contributed by atoms with Crippen molar-refractivity contribution in [3.8, 4) is 5.75 Å². The van der Waals surface area contributed by atoms with Crippen molar-refractivity contribution in [3.05, 3.63) is 47.7 Å². The van der Waals surface area contributed by atoms with Crippen molar-refractivity contribution in [2.24, 2.45) is 5.92 Å². The molecule has 1 amide bonds. The average Bonchev–Trinajstić information content (AvgIpc) is 3.23. The van der Waals surface area contributed by atoms with E-state index >= 15 is 4.39 Å². The molecule has 1 aliphatic rings. The molecular formula is C22H20F4N4O3. The molecule has 7 nitrogen and oxygen atoms in total. The van der Waals surface area contributed by atoms with Crippen molar-refractivity contribution in [1.82, 2.24) is 14.8 Å². The van der Waals surface area contributed by atoms with Gasteiger partial charge in [-0.1, -0.05) is 6.07 Å². The van der Waals surface area contributed by atoms with E-state index in [4.69, 9.17) is 4.74 Å². The third-order valence-electron chi connectivity index (χ3n) is 5.74. The molecule has 1 N–H and O–H groups in total. The first-order valence-electron chi connectivity index (χ1n) is 10.3. The number of aldehydes is 1. The van der Waals surface area contributed by atoms with Gasteiger partial charge in [0.05, 0.1) is 18.8 Å². The molecule has 0 aliphatic heterocycles. The van der Waals surface area contributed by atoms with Gasteiger partial charge >= 0.3 is 6.18 Å². The second-order valence-corrected chi connectivity index (χ2v) is 7.88. The van der Waals surface area contributed by atoms with Crippen LogP contribution in [0.25, 0.3) is 10.9 Å². The number of aromatic nitrogens is 3. The second-order valence-electron chi connectivity index (χ2n) is 7.88. The molecule has 1 aromatic carbocycles. The van der Waals surface area contributed by atoms with Crippen molar-refractivity contribution >= 4 is 28.8 Å². The van der Waals surface area contributed by atoms with Crippen LogP contribution in [0.5, 0.6) is 5.75 Å². The zero-order valence-electron chi connectivity index (χ0n) is 17.5. The summed E-state index contributed by atoms with van der Waals surface area (Å²) in [4.78, 5) is 26.9. The van der Waals surface area contributed by atoms with E-state index in [9.17, 15) is 22.8 Å². The van der Waals surface area contributed by atoms with Crippen molar-refractivity contribution in [3.63, 3.8) is 0 Å². The number of carbonyl (C=O) groups is 2. The highest BCUT2D eigenvalue weighted by Gasteiger charge is 2.33. The molecule has 0 bridgehead atoms. The number of alkyl halides is 3. The van der Waals surface area contributed by atoms with Crippen LogP contribution >= 0.6 is 0 Å². The summed E-state index contributed by atoms with van der Waals surface area (Å²) in [5.74, 6) is -2.02. The summed E-state index contributed by atoms with van der Waals surface area (Å²) in [6, 6.07) is 4.39. The number of rotatable bonds is 5.